The van der Waals surface area contributed by atoms with Crippen LogP contribution < -0.4 is 5.32 Å². The van der Waals surface area contributed by atoms with Gasteiger partial charge in [-0.3, -0.25) is 0 Å². The number of anilines is 1. The third-order valence-corrected chi connectivity index (χ3v) is 3.82. The van der Waals surface area contributed by atoms with Crippen LogP contribution in [-0.2, 0) is 0 Å². The van der Waals surface area contributed by atoms with Crippen molar-refractivity contribution in [3.8, 4) is 0 Å². The Balaban J connectivity index is 2.18. The van der Waals surface area contributed by atoms with Crippen LogP contribution in [0.5, 0.6) is 0 Å². The molecule has 0 bridgehead atoms. The van der Waals surface area contributed by atoms with E-state index < -0.39 is 11.6 Å². The molecular formula is C12H14BrF2N. The molecule has 0 aliphatic heterocycles. The Labute approximate surface area is 102 Å². The van der Waals surface area contributed by atoms with E-state index in [1.165, 1.54) is 18.9 Å². The number of nitrogens with one attached hydrogen (secondary N) is 1. The molecule has 1 N–H and O–H groups in total. The van der Waals surface area contributed by atoms with Crippen LogP contribution in [-0.4, -0.2) is 6.04 Å². The number of hydrogen-bond donors (Lipinski definition) is 1. The molecule has 0 spiro atoms. The summed E-state index contributed by atoms with van der Waals surface area (Å²) in [6.07, 6.45) is 3.39. The van der Waals surface area contributed by atoms with Gasteiger partial charge in [0.25, 0.3) is 0 Å². The van der Waals surface area contributed by atoms with Crippen LogP contribution in [0.25, 0.3) is 0 Å². The number of rotatable bonds is 2. The molecule has 2 atom stereocenters. The van der Waals surface area contributed by atoms with Crippen LogP contribution in [0, 0.1) is 17.6 Å². The molecule has 1 aromatic carbocycles. The molecule has 1 nitrogen and oxygen atoms in total. The Morgan fingerprint density at radius 1 is 1.25 bits per heavy atom. The van der Waals surface area contributed by atoms with Crippen molar-refractivity contribution in [3.05, 3.63) is 28.2 Å². The molecule has 2 rings (SSSR count). The van der Waals surface area contributed by atoms with Gasteiger partial charge in [-0.2, -0.15) is 0 Å². The number of benzene rings is 1. The van der Waals surface area contributed by atoms with Crippen molar-refractivity contribution in [3.63, 3.8) is 0 Å². The zero-order valence-corrected chi connectivity index (χ0v) is 10.7. The summed E-state index contributed by atoms with van der Waals surface area (Å²) in [6.45, 7) is 2.15. The minimum Gasteiger partial charge on any atom is -0.380 e. The minimum atomic E-state index is -0.567. The van der Waals surface area contributed by atoms with Crippen LogP contribution in [0.3, 0.4) is 0 Å². The van der Waals surface area contributed by atoms with Gasteiger partial charge in [0.05, 0.1) is 10.2 Å². The smallest absolute Gasteiger partial charge is 0.149 e. The maximum absolute atomic E-state index is 13.5. The lowest BCUT2D eigenvalue weighted by atomic mass is 10.1. The first kappa shape index (κ1) is 11.8. The summed E-state index contributed by atoms with van der Waals surface area (Å²) in [5.74, 6) is -0.550. The van der Waals surface area contributed by atoms with Gasteiger partial charge in [-0.05, 0) is 40.8 Å². The van der Waals surface area contributed by atoms with E-state index in [0.717, 1.165) is 12.5 Å². The van der Waals surface area contributed by atoms with Crippen molar-refractivity contribution in [1.29, 1.82) is 0 Å². The standard InChI is InChI=1S/C12H14BrF2N/c1-7-3-2-4-11(7)16-12-5-8(13)9(14)6-10(12)15/h5-7,11,16H,2-4H2,1H3. The summed E-state index contributed by atoms with van der Waals surface area (Å²) in [7, 11) is 0. The lowest BCUT2D eigenvalue weighted by Crippen LogP contribution is -2.22. The number of hydrogen-bond acceptors (Lipinski definition) is 1. The predicted molar refractivity (Wildman–Crippen MR) is 64.5 cm³/mol. The first-order valence-electron chi connectivity index (χ1n) is 5.49. The third-order valence-electron chi connectivity index (χ3n) is 3.21. The lowest BCUT2D eigenvalue weighted by molar-refractivity contribution is 0.545. The highest BCUT2D eigenvalue weighted by Gasteiger charge is 2.24. The second-order valence-electron chi connectivity index (χ2n) is 4.41. The highest BCUT2D eigenvalue weighted by Crippen LogP contribution is 2.30. The summed E-state index contributed by atoms with van der Waals surface area (Å²) in [5, 5.41) is 3.16. The highest BCUT2D eigenvalue weighted by molar-refractivity contribution is 9.10. The first-order chi connectivity index (χ1) is 7.58. The molecule has 1 fully saturated rings. The van der Waals surface area contributed by atoms with Crippen molar-refractivity contribution < 1.29 is 8.78 Å². The van der Waals surface area contributed by atoms with Gasteiger partial charge in [-0.15, -0.1) is 0 Å². The quantitative estimate of drug-likeness (QED) is 0.799. The van der Waals surface area contributed by atoms with Crippen molar-refractivity contribution >= 4 is 21.6 Å². The minimum absolute atomic E-state index is 0.294. The fraction of sp³-hybridized carbons (Fsp3) is 0.500. The normalized spacial score (nSPS) is 24.8. The largest absolute Gasteiger partial charge is 0.380 e. The van der Waals surface area contributed by atoms with Crippen LogP contribution in [0.1, 0.15) is 26.2 Å². The van der Waals surface area contributed by atoms with Gasteiger partial charge >= 0.3 is 0 Å². The molecule has 0 heterocycles. The Morgan fingerprint density at radius 3 is 2.62 bits per heavy atom. The van der Waals surface area contributed by atoms with Crippen LogP contribution in [0.15, 0.2) is 16.6 Å². The summed E-state index contributed by atoms with van der Waals surface area (Å²) in [5.41, 5.74) is 0.382. The van der Waals surface area contributed by atoms with Crippen LogP contribution in [0.2, 0.25) is 0 Å². The second-order valence-corrected chi connectivity index (χ2v) is 5.26. The average Bonchev–Trinajstić information content (AvgIpc) is 2.61. The van der Waals surface area contributed by atoms with Crippen molar-refractivity contribution in [1.82, 2.24) is 0 Å². The molecule has 1 aliphatic rings. The highest BCUT2D eigenvalue weighted by atomic mass is 79.9. The van der Waals surface area contributed by atoms with Gasteiger partial charge in [-0.25, -0.2) is 8.78 Å². The fourth-order valence-electron chi connectivity index (χ4n) is 2.19. The molecular weight excluding hydrogens is 276 g/mol. The van der Waals surface area contributed by atoms with Crippen molar-refractivity contribution in [2.45, 2.75) is 32.2 Å². The maximum Gasteiger partial charge on any atom is 0.149 e. The topological polar surface area (TPSA) is 12.0 Å². The Bertz CT molecular complexity index is 395. The van der Waals surface area contributed by atoms with Crippen LogP contribution >= 0.6 is 15.9 Å². The molecule has 4 heteroatoms. The Morgan fingerprint density at radius 2 is 2.00 bits per heavy atom. The molecule has 16 heavy (non-hydrogen) atoms. The molecule has 0 amide bonds. The van der Waals surface area contributed by atoms with E-state index in [1.54, 1.807) is 0 Å². The lowest BCUT2D eigenvalue weighted by Gasteiger charge is -2.19. The first-order valence-corrected chi connectivity index (χ1v) is 6.28. The Hall–Kier alpha value is -0.640. The molecule has 2 unspecified atom stereocenters. The fourth-order valence-corrected chi connectivity index (χ4v) is 2.54. The van der Waals surface area contributed by atoms with E-state index in [0.29, 0.717) is 22.1 Å². The summed E-state index contributed by atoms with van der Waals surface area (Å²) in [6, 6.07) is 2.67. The van der Waals surface area contributed by atoms with Crippen LogP contribution in [0.4, 0.5) is 14.5 Å². The molecule has 1 saturated carbocycles. The molecule has 1 aromatic rings. The molecule has 0 radical (unpaired) electrons. The average molecular weight is 290 g/mol. The van der Waals surface area contributed by atoms with Gasteiger partial charge in [0, 0.05) is 12.1 Å². The third kappa shape index (κ3) is 2.37. The van der Waals surface area contributed by atoms with E-state index in [2.05, 4.69) is 28.2 Å². The van der Waals surface area contributed by atoms with Gasteiger partial charge in [0.1, 0.15) is 11.6 Å². The van der Waals surface area contributed by atoms with E-state index >= 15 is 0 Å². The van der Waals surface area contributed by atoms with Gasteiger partial charge in [0.15, 0.2) is 0 Å². The SMILES string of the molecule is CC1CCCC1Nc1cc(Br)c(F)cc1F. The molecule has 1 aliphatic carbocycles. The predicted octanol–water partition coefficient (Wildman–Crippen LogP) is 4.33. The van der Waals surface area contributed by atoms with Gasteiger partial charge in [-0.1, -0.05) is 13.3 Å². The monoisotopic (exact) mass is 289 g/mol. The van der Waals surface area contributed by atoms with Gasteiger partial charge in [0.2, 0.25) is 0 Å². The zero-order valence-electron chi connectivity index (χ0n) is 9.06. The molecule has 0 aromatic heterocycles. The number of halogens is 3. The van der Waals surface area contributed by atoms with Crippen molar-refractivity contribution in [2.24, 2.45) is 5.92 Å². The Kier molecular flexibility index (Phi) is 3.47. The summed E-state index contributed by atoms with van der Waals surface area (Å²) >= 11 is 3.06. The van der Waals surface area contributed by atoms with E-state index in [4.69, 9.17) is 0 Å². The second kappa shape index (κ2) is 4.70. The zero-order chi connectivity index (χ0) is 11.7. The molecule has 0 saturated heterocycles. The maximum atomic E-state index is 13.5. The summed E-state index contributed by atoms with van der Waals surface area (Å²) in [4.78, 5) is 0. The van der Waals surface area contributed by atoms with Crippen molar-refractivity contribution in [2.75, 3.05) is 5.32 Å². The van der Waals surface area contributed by atoms with Gasteiger partial charge < -0.3 is 5.32 Å². The van der Waals surface area contributed by atoms with E-state index in [-0.39, 0.29) is 0 Å². The van der Waals surface area contributed by atoms with E-state index in [9.17, 15) is 8.78 Å². The summed E-state index contributed by atoms with van der Waals surface area (Å²) < 4.78 is 26.8. The molecule has 88 valence electrons. The van der Waals surface area contributed by atoms with E-state index in [1.807, 2.05) is 0 Å².